The number of halogens is 1. The Hall–Kier alpha value is -1.33. The van der Waals surface area contributed by atoms with E-state index in [1.807, 2.05) is 19.1 Å². The third-order valence-corrected chi connectivity index (χ3v) is 3.86. The number of thiophene rings is 1. The lowest BCUT2D eigenvalue weighted by Crippen LogP contribution is -2.08. The fraction of sp³-hybridized carbons (Fsp3) is 0.385. The lowest BCUT2D eigenvalue weighted by Gasteiger charge is -2.12. The van der Waals surface area contributed by atoms with Crippen molar-refractivity contribution in [3.8, 4) is 5.88 Å². The predicted octanol–water partition coefficient (Wildman–Crippen LogP) is 4.15. The van der Waals surface area contributed by atoms with Gasteiger partial charge in [-0.1, -0.05) is 18.5 Å². The van der Waals surface area contributed by atoms with E-state index in [0.717, 1.165) is 15.6 Å². The molecule has 6 heteroatoms. The number of hydrogen-bond acceptors (Lipinski definition) is 5. The summed E-state index contributed by atoms with van der Waals surface area (Å²) < 4.78 is 6.26. The molecule has 0 bridgehead atoms. The van der Waals surface area contributed by atoms with Gasteiger partial charge in [0.15, 0.2) is 0 Å². The van der Waals surface area contributed by atoms with Crippen molar-refractivity contribution in [2.45, 2.75) is 26.3 Å². The van der Waals surface area contributed by atoms with Gasteiger partial charge in [0.2, 0.25) is 11.8 Å². The average Bonchev–Trinajstić information content (AvgIpc) is 2.83. The summed E-state index contributed by atoms with van der Waals surface area (Å²) in [5, 5.41) is 3.24. The molecule has 0 aliphatic carbocycles. The van der Waals surface area contributed by atoms with E-state index in [1.54, 1.807) is 23.6 Å². The molecule has 0 radical (unpaired) electrons. The minimum absolute atomic E-state index is 0.110. The van der Waals surface area contributed by atoms with E-state index in [-0.39, 0.29) is 6.04 Å². The highest BCUT2D eigenvalue weighted by Crippen LogP contribution is 2.28. The van der Waals surface area contributed by atoms with E-state index in [4.69, 9.17) is 16.3 Å². The number of rotatable bonds is 6. The zero-order chi connectivity index (χ0) is 13.7. The van der Waals surface area contributed by atoms with Crippen LogP contribution < -0.4 is 10.1 Å². The molecule has 0 aliphatic heterocycles. The molecule has 1 N–H and O–H groups in total. The van der Waals surface area contributed by atoms with Crippen LogP contribution in [0, 0.1) is 0 Å². The highest BCUT2D eigenvalue weighted by Gasteiger charge is 2.10. The van der Waals surface area contributed by atoms with Crippen molar-refractivity contribution in [1.82, 2.24) is 9.97 Å². The van der Waals surface area contributed by atoms with Gasteiger partial charge in [-0.2, -0.15) is 4.98 Å². The van der Waals surface area contributed by atoms with Crippen molar-refractivity contribution in [2.75, 3.05) is 11.9 Å². The van der Waals surface area contributed by atoms with Crippen molar-refractivity contribution in [3.63, 3.8) is 0 Å². The third-order valence-electron chi connectivity index (χ3n) is 2.45. The SMILES string of the molecule is CCCOc1ccnc(NC(C)c2ccc(Cl)s2)n1. The van der Waals surface area contributed by atoms with Crippen LogP contribution in [0.5, 0.6) is 5.88 Å². The maximum Gasteiger partial charge on any atom is 0.226 e. The van der Waals surface area contributed by atoms with Crippen LogP contribution in [0.15, 0.2) is 24.4 Å². The van der Waals surface area contributed by atoms with Crippen molar-refractivity contribution >= 4 is 28.9 Å². The molecular weight excluding hydrogens is 282 g/mol. The Balaban J connectivity index is 2.02. The number of ether oxygens (including phenoxy) is 1. The average molecular weight is 298 g/mol. The second kappa shape index (κ2) is 6.73. The summed E-state index contributed by atoms with van der Waals surface area (Å²) in [6, 6.07) is 5.76. The van der Waals surface area contributed by atoms with Crippen LogP contribution in [0.4, 0.5) is 5.95 Å². The van der Waals surface area contributed by atoms with Crippen molar-refractivity contribution < 1.29 is 4.74 Å². The number of aromatic nitrogens is 2. The zero-order valence-electron chi connectivity index (χ0n) is 10.9. The molecule has 0 spiro atoms. The smallest absolute Gasteiger partial charge is 0.226 e. The lowest BCUT2D eigenvalue weighted by atomic mass is 10.3. The summed E-state index contributed by atoms with van der Waals surface area (Å²) in [6.07, 6.45) is 2.64. The van der Waals surface area contributed by atoms with Crippen molar-refractivity contribution in [1.29, 1.82) is 0 Å². The van der Waals surface area contributed by atoms with E-state index >= 15 is 0 Å². The Labute approximate surface area is 121 Å². The molecular formula is C13H16ClN3OS. The number of nitrogens with zero attached hydrogens (tertiary/aromatic N) is 2. The van der Waals surface area contributed by atoms with Gasteiger partial charge in [-0.25, -0.2) is 4.98 Å². The highest BCUT2D eigenvalue weighted by molar-refractivity contribution is 7.16. The molecule has 1 atom stereocenters. The Morgan fingerprint density at radius 2 is 2.26 bits per heavy atom. The molecule has 2 aromatic heterocycles. The summed E-state index contributed by atoms with van der Waals surface area (Å²) in [5.41, 5.74) is 0. The molecule has 4 nitrogen and oxygen atoms in total. The summed E-state index contributed by atoms with van der Waals surface area (Å²) >= 11 is 7.48. The van der Waals surface area contributed by atoms with Gasteiger partial charge in [-0.15, -0.1) is 11.3 Å². The standard InChI is InChI=1S/C13H16ClN3OS/c1-3-8-18-12-6-7-15-13(17-12)16-9(2)10-4-5-11(14)19-10/h4-7,9H,3,8H2,1-2H3,(H,15,16,17). The number of hydrogen-bond donors (Lipinski definition) is 1. The molecule has 0 fully saturated rings. The fourth-order valence-corrected chi connectivity index (χ4v) is 2.59. The van der Waals surface area contributed by atoms with Crippen LogP contribution in [-0.4, -0.2) is 16.6 Å². The van der Waals surface area contributed by atoms with Gasteiger partial charge in [0.1, 0.15) is 0 Å². The van der Waals surface area contributed by atoms with Crippen LogP contribution in [0.3, 0.4) is 0 Å². The number of nitrogens with one attached hydrogen (secondary N) is 1. The van der Waals surface area contributed by atoms with Gasteiger partial charge in [-0.3, -0.25) is 0 Å². The van der Waals surface area contributed by atoms with E-state index in [2.05, 4.69) is 22.2 Å². The molecule has 1 unspecified atom stereocenters. The molecule has 0 amide bonds. The first-order valence-corrected chi connectivity index (χ1v) is 7.36. The maximum atomic E-state index is 5.93. The van der Waals surface area contributed by atoms with Crippen LogP contribution in [0.25, 0.3) is 0 Å². The molecule has 2 aromatic rings. The first-order chi connectivity index (χ1) is 9.19. The summed E-state index contributed by atoms with van der Waals surface area (Å²) in [5.74, 6) is 1.15. The van der Waals surface area contributed by atoms with Crippen LogP contribution in [0.1, 0.15) is 31.2 Å². The van der Waals surface area contributed by atoms with E-state index in [1.165, 1.54) is 0 Å². The first-order valence-electron chi connectivity index (χ1n) is 6.16. The van der Waals surface area contributed by atoms with E-state index in [0.29, 0.717) is 18.4 Å². The largest absolute Gasteiger partial charge is 0.478 e. The third kappa shape index (κ3) is 4.08. The molecule has 0 saturated heterocycles. The van der Waals surface area contributed by atoms with E-state index < -0.39 is 0 Å². The van der Waals surface area contributed by atoms with Crippen molar-refractivity contribution in [3.05, 3.63) is 33.6 Å². The molecule has 0 saturated carbocycles. The van der Waals surface area contributed by atoms with Crippen LogP contribution >= 0.6 is 22.9 Å². The van der Waals surface area contributed by atoms with Crippen LogP contribution in [0.2, 0.25) is 4.34 Å². The number of anilines is 1. The second-order valence-electron chi connectivity index (χ2n) is 4.07. The highest BCUT2D eigenvalue weighted by atomic mass is 35.5. The quantitative estimate of drug-likeness (QED) is 0.870. The Bertz CT molecular complexity index is 532. The lowest BCUT2D eigenvalue weighted by molar-refractivity contribution is 0.305. The molecule has 102 valence electrons. The van der Waals surface area contributed by atoms with Gasteiger partial charge < -0.3 is 10.1 Å². The van der Waals surface area contributed by atoms with Crippen molar-refractivity contribution in [2.24, 2.45) is 0 Å². The molecule has 2 heterocycles. The van der Waals surface area contributed by atoms with Gasteiger partial charge >= 0.3 is 0 Å². The Morgan fingerprint density at radius 3 is 2.95 bits per heavy atom. The monoisotopic (exact) mass is 297 g/mol. The molecule has 2 rings (SSSR count). The minimum atomic E-state index is 0.110. The second-order valence-corrected chi connectivity index (χ2v) is 5.82. The van der Waals surface area contributed by atoms with E-state index in [9.17, 15) is 0 Å². The van der Waals surface area contributed by atoms with Gasteiger partial charge in [-0.05, 0) is 25.5 Å². The normalized spacial score (nSPS) is 12.2. The molecule has 0 aliphatic rings. The molecule has 19 heavy (non-hydrogen) atoms. The Morgan fingerprint density at radius 1 is 1.42 bits per heavy atom. The fourth-order valence-electron chi connectivity index (χ4n) is 1.52. The summed E-state index contributed by atoms with van der Waals surface area (Å²) in [7, 11) is 0. The summed E-state index contributed by atoms with van der Waals surface area (Å²) in [6.45, 7) is 4.76. The Kier molecular flexibility index (Phi) is 4.99. The predicted molar refractivity (Wildman–Crippen MR) is 79.2 cm³/mol. The summed E-state index contributed by atoms with van der Waals surface area (Å²) in [4.78, 5) is 9.65. The van der Waals surface area contributed by atoms with Gasteiger partial charge in [0, 0.05) is 17.1 Å². The first kappa shape index (κ1) is 14.1. The maximum absolute atomic E-state index is 5.93. The molecule has 0 aromatic carbocycles. The van der Waals surface area contributed by atoms with Gasteiger partial charge in [0.25, 0.3) is 0 Å². The van der Waals surface area contributed by atoms with Gasteiger partial charge in [0.05, 0.1) is 17.0 Å². The zero-order valence-corrected chi connectivity index (χ0v) is 12.5. The topological polar surface area (TPSA) is 47.0 Å². The minimum Gasteiger partial charge on any atom is -0.478 e. The van der Waals surface area contributed by atoms with Crippen LogP contribution in [-0.2, 0) is 0 Å².